The molecule has 1 atom stereocenters. The molecule has 6 nitrogen and oxygen atoms in total. The van der Waals surface area contributed by atoms with Crippen LogP contribution in [0.2, 0.25) is 0 Å². The third kappa shape index (κ3) is 4.47. The van der Waals surface area contributed by atoms with Gasteiger partial charge < -0.3 is 15.0 Å². The second kappa shape index (κ2) is 6.86. The van der Waals surface area contributed by atoms with Crippen LogP contribution in [0.4, 0.5) is 0 Å². The van der Waals surface area contributed by atoms with Crippen molar-refractivity contribution in [3.8, 4) is 0 Å². The van der Waals surface area contributed by atoms with E-state index in [1.165, 1.54) is 0 Å². The summed E-state index contributed by atoms with van der Waals surface area (Å²) >= 11 is 0. The van der Waals surface area contributed by atoms with Gasteiger partial charge in [-0.1, -0.05) is 0 Å². The van der Waals surface area contributed by atoms with E-state index >= 15 is 0 Å². The Morgan fingerprint density at radius 3 is 2.68 bits per heavy atom. The summed E-state index contributed by atoms with van der Waals surface area (Å²) in [6, 6.07) is 0. The van der Waals surface area contributed by atoms with Crippen molar-refractivity contribution in [2.24, 2.45) is 0 Å². The van der Waals surface area contributed by atoms with Crippen LogP contribution in [-0.2, 0) is 14.3 Å². The Bertz CT molecular complexity index is 329. The van der Waals surface area contributed by atoms with Crippen molar-refractivity contribution in [3.05, 3.63) is 0 Å². The standard InChI is InChI=1S/C13H23N3O3/c1-11-9-15(6-7-19-11)10-12(17)14-8-13(18)16-4-2-3-5-16/h11H,2-10H2,1H3,(H,14,17). The molecule has 0 radical (unpaired) electrons. The first-order valence-corrected chi connectivity index (χ1v) is 7.03. The van der Waals surface area contributed by atoms with Crippen LogP contribution in [0.15, 0.2) is 0 Å². The molecule has 0 aliphatic carbocycles. The molecule has 2 aliphatic heterocycles. The molecule has 2 fully saturated rings. The normalized spacial score (nSPS) is 24.5. The summed E-state index contributed by atoms with van der Waals surface area (Å²) in [5, 5.41) is 2.71. The predicted molar refractivity (Wildman–Crippen MR) is 70.7 cm³/mol. The second-order valence-electron chi connectivity index (χ2n) is 5.28. The van der Waals surface area contributed by atoms with Crippen LogP contribution >= 0.6 is 0 Å². The number of likely N-dealkylation sites (tertiary alicyclic amines) is 1. The lowest BCUT2D eigenvalue weighted by Crippen LogP contribution is -2.47. The zero-order valence-corrected chi connectivity index (χ0v) is 11.6. The van der Waals surface area contributed by atoms with Gasteiger partial charge in [-0.15, -0.1) is 0 Å². The molecule has 19 heavy (non-hydrogen) atoms. The molecule has 2 amide bonds. The minimum Gasteiger partial charge on any atom is -0.376 e. The molecule has 0 spiro atoms. The summed E-state index contributed by atoms with van der Waals surface area (Å²) in [4.78, 5) is 27.4. The number of hydrogen-bond acceptors (Lipinski definition) is 4. The van der Waals surface area contributed by atoms with Gasteiger partial charge in [-0.25, -0.2) is 0 Å². The Morgan fingerprint density at radius 2 is 2.00 bits per heavy atom. The van der Waals surface area contributed by atoms with E-state index in [9.17, 15) is 9.59 Å². The van der Waals surface area contributed by atoms with E-state index < -0.39 is 0 Å². The molecule has 108 valence electrons. The van der Waals surface area contributed by atoms with E-state index in [1.54, 1.807) is 0 Å². The SMILES string of the molecule is CC1CN(CC(=O)NCC(=O)N2CCCC2)CCO1. The fourth-order valence-electron chi connectivity index (χ4n) is 2.55. The average molecular weight is 269 g/mol. The second-order valence-corrected chi connectivity index (χ2v) is 5.28. The molecule has 6 heteroatoms. The van der Waals surface area contributed by atoms with Crippen LogP contribution in [0.5, 0.6) is 0 Å². The topological polar surface area (TPSA) is 61.9 Å². The van der Waals surface area contributed by atoms with Crippen molar-refractivity contribution in [1.82, 2.24) is 15.1 Å². The molecule has 1 N–H and O–H groups in total. The molecule has 0 bridgehead atoms. The molecule has 2 saturated heterocycles. The maximum Gasteiger partial charge on any atom is 0.241 e. The van der Waals surface area contributed by atoms with E-state index in [-0.39, 0.29) is 24.5 Å². The van der Waals surface area contributed by atoms with E-state index in [0.717, 1.165) is 39.0 Å². The summed E-state index contributed by atoms with van der Waals surface area (Å²) in [6.45, 7) is 6.35. The number of nitrogens with one attached hydrogen (secondary N) is 1. The van der Waals surface area contributed by atoms with E-state index in [0.29, 0.717) is 13.2 Å². The third-order valence-corrected chi connectivity index (χ3v) is 3.59. The zero-order chi connectivity index (χ0) is 13.7. The largest absolute Gasteiger partial charge is 0.376 e. The lowest BCUT2D eigenvalue weighted by atomic mass is 10.3. The number of hydrogen-bond donors (Lipinski definition) is 1. The monoisotopic (exact) mass is 269 g/mol. The molecule has 1 unspecified atom stereocenters. The highest BCUT2D eigenvalue weighted by atomic mass is 16.5. The highest BCUT2D eigenvalue weighted by Crippen LogP contribution is 2.07. The minimum atomic E-state index is -0.0818. The lowest BCUT2D eigenvalue weighted by molar-refractivity contribution is -0.132. The number of nitrogens with zero attached hydrogens (tertiary/aromatic N) is 2. The summed E-state index contributed by atoms with van der Waals surface area (Å²) in [5.74, 6) is -0.0529. The van der Waals surface area contributed by atoms with E-state index in [1.807, 2.05) is 11.8 Å². The highest BCUT2D eigenvalue weighted by Gasteiger charge is 2.21. The molecule has 0 aromatic rings. The predicted octanol–water partition coefficient (Wildman–Crippen LogP) is -0.554. The van der Waals surface area contributed by atoms with Gasteiger partial charge in [-0.2, -0.15) is 0 Å². The molecule has 0 aromatic heterocycles. The molecule has 0 aromatic carbocycles. The van der Waals surface area contributed by atoms with Gasteiger partial charge in [0.1, 0.15) is 0 Å². The summed E-state index contributed by atoms with van der Waals surface area (Å²) in [6.07, 6.45) is 2.32. The Kier molecular flexibility index (Phi) is 5.15. The average Bonchev–Trinajstić information content (AvgIpc) is 2.90. The van der Waals surface area contributed by atoms with Crippen molar-refractivity contribution in [2.45, 2.75) is 25.9 Å². The number of rotatable bonds is 4. The number of amides is 2. The number of carbonyl (C=O) groups excluding carboxylic acids is 2. The first kappa shape index (κ1) is 14.3. The summed E-state index contributed by atoms with van der Waals surface area (Å²) in [7, 11) is 0. The Morgan fingerprint density at radius 1 is 1.26 bits per heavy atom. The van der Waals surface area contributed by atoms with Crippen LogP contribution in [-0.4, -0.2) is 73.6 Å². The van der Waals surface area contributed by atoms with Crippen molar-refractivity contribution >= 4 is 11.8 Å². The van der Waals surface area contributed by atoms with Gasteiger partial charge in [0.05, 0.1) is 25.8 Å². The maximum atomic E-state index is 11.8. The minimum absolute atomic E-state index is 0.0289. The first-order chi connectivity index (χ1) is 9.15. The quantitative estimate of drug-likeness (QED) is 0.743. The fourth-order valence-corrected chi connectivity index (χ4v) is 2.55. The van der Waals surface area contributed by atoms with Crippen molar-refractivity contribution < 1.29 is 14.3 Å². The van der Waals surface area contributed by atoms with Crippen LogP contribution < -0.4 is 5.32 Å². The fraction of sp³-hybridized carbons (Fsp3) is 0.846. The van der Waals surface area contributed by atoms with Gasteiger partial charge in [0.25, 0.3) is 0 Å². The molecule has 0 saturated carbocycles. The molecular formula is C13H23N3O3. The number of morpholine rings is 1. The van der Waals surface area contributed by atoms with Gasteiger partial charge in [0.15, 0.2) is 0 Å². The molecule has 2 aliphatic rings. The lowest BCUT2D eigenvalue weighted by Gasteiger charge is -2.30. The van der Waals surface area contributed by atoms with Gasteiger partial charge in [0.2, 0.25) is 11.8 Å². The van der Waals surface area contributed by atoms with Gasteiger partial charge in [-0.3, -0.25) is 14.5 Å². The Balaban J connectivity index is 1.65. The summed E-state index contributed by atoms with van der Waals surface area (Å²) in [5.41, 5.74) is 0. The van der Waals surface area contributed by atoms with Gasteiger partial charge in [-0.05, 0) is 19.8 Å². The van der Waals surface area contributed by atoms with Crippen molar-refractivity contribution in [2.75, 3.05) is 45.9 Å². The van der Waals surface area contributed by atoms with E-state index in [2.05, 4.69) is 10.2 Å². The Labute approximate surface area is 114 Å². The third-order valence-electron chi connectivity index (χ3n) is 3.59. The van der Waals surface area contributed by atoms with Crippen molar-refractivity contribution in [3.63, 3.8) is 0 Å². The number of carbonyl (C=O) groups is 2. The first-order valence-electron chi connectivity index (χ1n) is 7.03. The van der Waals surface area contributed by atoms with E-state index in [4.69, 9.17) is 4.74 Å². The highest BCUT2D eigenvalue weighted by molar-refractivity contribution is 5.85. The number of ether oxygens (including phenoxy) is 1. The van der Waals surface area contributed by atoms with Crippen LogP contribution in [0.1, 0.15) is 19.8 Å². The molecular weight excluding hydrogens is 246 g/mol. The molecule has 2 heterocycles. The van der Waals surface area contributed by atoms with Crippen LogP contribution in [0, 0.1) is 0 Å². The van der Waals surface area contributed by atoms with Crippen LogP contribution in [0.25, 0.3) is 0 Å². The maximum absolute atomic E-state index is 11.8. The van der Waals surface area contributed by atoms with Crippen LogP contribution in [0.3, 0.4) is 0 Å². The van der Waals surface area contributed by atoms with Gasteiger partial charge >= 0.3 is 0 Å². The smallest absolute Gasteiger partial charge is 0.241 e. The summed E-state index contributed by atoms with van der Waals surface area (Å²) < 4.78 is 5.42. The Hall–Kier alpha value is -1.14. The van der Waals surface area contributed by atoms with Crippen molar-refractivity contribution in [1.29, 1.82) is 0 Å². The van der Waals surface area contributed by atoms with Gasteiger partial charge in [0, 0.05) is 26.2 Å². The zero-order valence-electron chi connectivity index (χ0n) is 11.6. The molecule has 2 rings (SSSR count).